The van der Waals surface area contributed by atoms with Crippen LogP contribution in [0.5, 0.6) is 5.75 Å². The van der Waals surface area contributed by atoms with Gasteiger partial charge in [0.25, 0.3) is 0 Å². The van der Waals surface area contributed by atoms with Crippen molar-refractivity contribution in [3.05, 3.63) is 109 Å². The Morgan fingerprint density at radius 1 is 0.645 bits per heavy atom. The van der Waals surface area contributed by atoms with Crippen LogP contribution in [0.15, 0.2) is 103 Å². The smallest absolute Gasteiger partial charge is 0.197 e. The second-order valence-electron chi connectivity index (χ2n) is 8.01. The van der Waals surface area contributed by atoms with E-state index >= 15 is 0 Å². The Morgan fingerprint density at radius 2 is 1.26 bits per heavy atom. The number of hydrogen-bond donors (Lipinski definition) is 0. The molecular formula is C28H22NOP. The van der Waals surface area contributed by atoms with Crippen molar-refractivity contribution in [3.63, 3.8) is 0 Å². The zero-order valence-corrected chi connectivity index (χ0v) is 18.2. The Balaban J connectivity index is 1.58. The fraction of sp³-hybridized carbons (Fsp3) is 0.0714. The number of rotatable bonds is 3. The van der Waals surface area contributed by atoms with Crippen molar-refractivity contribution in [1.82, 2.24) is 4.67 Å². The quantitative estimate of drug-likeness (QED) is 0.289. The molecule has 1 atom stereocenters. The summed E-state index contributed by atoms with van der Waals surface area (Å²) in [6.45, 7) is 0.849. The molecule has 31 heavy (non-hydrogen) atoms. The molecule has 1 unspecified atom stereocenters. The lowest BCUT2D eigenvalue weighted by Gasteiger charge is -2.34. The highest BCUT2D eigenvalue weighted by Gasteiger charge is 2.32. The first kappa shape index (κ1) is 18.6. The molecule has 0 saturated carbocycles. The molecule has 0 amide bonds. The van der Waals surface area contributed by atoms with Crippen molar-refractivity contribution in [2.75, 3.05) is 7.05 Å². The van der Waals surface area contributed by atoms with Crippen molar-refractivity contribution in [2.45, 2.75) is 6.54 Å². The van der Waals surface area contributed by atoms with Crippen LogP contribution >= 0.6 is 8.30 Å². The summed E-state index contributed by atoms with van der Waals surface area (Å²) in [4.78, 5) is 0. The fourth-order valence-corrected chi connectivity index (χ4v) is 6.44. The molecular weight excluding hydrogens is 397 g/mol. The summed E-state index contributed by atoms with van der Waals surface area (Å²) in [6, 6.07) is 36.8. The van der Waals surface area contributed by atoms with Crippen molar-refractivity contribution >= 4 is 35.1 Å². The van der Waals surface area contributed by atoms with Gasteiger partial charge in [0.15, 0.2) is 8.30 Å². The maximum absolute atomic E-state index is 6.74. The van der Waals surface area contributed by atoms with Crippen LogP contribution in [0.4, 0.5) is 0 Å². The Kier molecular flexibility index (Phi) is 4.49. The molecule has 0 fully saturated rings. The van der Waals surface area contributed by atoms with Gasteiger partial charge in [0.1, 0.15) is 5.75 Å². The molecule has 1 aliphatic rings. The SMILES string of the molecule is CN(Cc1ccccc1)P1Oc2ccc3ccccc3c2-c2c1ccc1ccccc21. The van der Waals surface area contributed by atoms with E-state index in [1.165, 1.54) is 43.5 Å². The van der Waals surface area contributed by atoms with E-state index in [4.69, 9.17) is 4.52 Å². The minimum Gasteiger partial charge on any atom is -0.453 e. The van der Waals surface area contributed by atoms with Gasteiger partial charge in [-0.2, -0.15) is 0 Å². The third-order valence-electron chi connectivity index (χ3n) is 6.00. The molecule has 0 saturated heterocycles. The first-order valence-corrected chi connectivity index (χ1v) is 11.8. The molecule has 0 spiro atoms. The Morgan fingerprint density at radius 3 is 2.00 bits per heavy atom. The van der Waals surface area contributed by atoms with E-state index in [-0.39, 0.29) is 0 Å². The van der Waals surface area contributed by atoms with E-state index in [2.05, 4.69) is 115 Å². The monoisotopic (exact) mass is 419 g/mol. The number of fused-ring (bicyclic) bond motifs is 7. The molecule has 3 heteroatoms. The first-order chi connectivity index (χ1) is 15.3. The van der Waals surface area contributed by atoms with Gasteiger partial charge < -0.3 is 4.52 Å². The van der Waals surface area contributed by atoms with E-state index < -0.39 is 8.30 Å². The average molecular weight is 419 g/mol. The van der Waals surface area contributed by atoms with Crippen LogP contribution in [0, 0.1) is 0 Å². The molecule has 0 radical (unpaired) electrons. The Labute approximate surface area is 183 Å². The van der Waals surface area contributed by atoms with E-state index in [0.29, 0.717) is 0 Å². The predicted molar refractivity (Wildman–Crippen MR) is 132 cm³/mol. The van der Waals surface area contributed by atoms with Crippen LogP contribution < -0.4 is 9.83 Å². The lowest BCUT2D eigenvalue weighted by molar-refractivity contribution is 0.477. The summed E-state index contributed by atoms with van der Waals surface area (Å²) in [5, 5.41) is 6.34. The van der Waals surface area contributed by atoms with Crippen molar-refractivity contribution < 1.29 is 4.52 Å². The summed E-state index contributed by atoms with van der Waals surface area (Å²) < 4.78 is 9.10. The van der Waals surface area contributed by atoms with E-state index in [0.717, 1.165) is 12.3 Å². The summed E-state index contributed by atoms with van der Waals surface area (Å²) in [5.74, 6) is 0.980. The second-order valence-corrected chi connectivity index (χ2v) is 9.90. The molecule has 0 aliphatic carbocycles. The molecule has 0 bridgehead atoms. The van der Waals surface area contributed by atoms with Crippen LogP contribution in [0.1, 0.15) is 5.56 Å². The van der Waals surface area contributed by atoms with Gasteiger partial charge in [-0.25, -0.2) is 4.67 Å². The molecule has 0 aromatic heterocycles. The van der Waals surface area contributed by atoms with Gasteiger partial charge in [0, 0.05) is 23.0 Å². The van der Waals surface area contributed by atoms with Gasteiger partial charge in [-0.15, -0.1) is 0 Å². The largest absolute Gasteiger partial charge is 0.453 e. The minimum absolute atomic E-state index is 0.849. The van der Waals surface area contributed by atoms with Gasteiger partial charge >= 0.3 is 0 Å². The van der Waals surface area contributed by atoms with Crippen LogP contribution in [-0.4, -0.2) is 11.7 Å². The van der Waals surface area contributed by atoms with Crippen LogP contribution in [0.25, 0.3) is 32.7 Å². The van der Waals surface area contributed by atoms with Crippen molar-refractivity contribution in [3.8, 4) is 16.9 Å². The number of benzene rings is 5. The average Bonchev–Trinajstić information content (AvgIpc) is 2.83. The normalized spacial score (nSPS) is 15.0. The second kappa shape index (κ2) is 7.50. The van der Waals surface area contributed by atoms with Crippen molar-refractivity contribution in [1.29, 1.82) is 0 Å². The lowest BCUT2D eigenvalue weighted by Crippen LogP contribution is -2.25. The van der Waals surface area contributed by atoms with E-state index in [9.17, 15) is 0 Å². The molecule has 5 aromatic rings. The fourth-order valence-electron chi connectivity index (χ4n) is 4.58. The van der Waals surface area contributed by atoms with Gasteiger partial charge in [0.05, 0.1) is 0 Å². The van der Waals surface area contributed by atoms with Gasteiger partial charge in [-0.1, -0.05) is 91.0 Å². The number of nitrogens with zero attached hydrogens (tertiary/aromatic N) is 1. The molecule has 1 aliphatic heterocycles. The highest BCUT2D eigenvalue weighted by atomic mass is 31.2. The number of hydrogen-bond acceptors (Lipinski definition) is 2. The Hall–Kier alpha value is -3.19. The maximum Gasteiger partial charge on any atom is 0.197 e. The van der Waals surface area contributed by atoms with Crippen LogP contribution in [-0.2, 0) is 6.54 Å². The Bertz CT molecular complexity index is 1410. The summed E-state index contributed by atoms with van der Waals surface area (Å²) in [6.07, 6.45) is 0. The van der Waals surface area contributed by atoms with Gasteiger partial charge in [-0.05, 0) is 46.3 Å². The summed E-state index contributed by atoms with van der Waals surface area (Å²) >= 11 is 0. The predicted octanol–water partition coefficient (Wildman–Crippen LogP) is 7.12. The molecule has 2 nitrogen and oxygen atoms in total. The van der Waals surface area contributed by atoms with Gasteiger partial charge in [0.2, 0.25) is 0 Å². The van der Waals surface area contributed by atoms with E-state index in [1.54, 1.807) is 0 Å². The molecule has 150 valence electrons. The highest BCUT2D eigenvalue weighted by molar-refractivity contribution is 7.59. The van der Waals surface area contributed by atoms with E-state index in [1.807, 2.05) is 0 Å². The summed E-state index contributed by atoms with van der Waals surface area (Å²) in [5.41, 5.74) is 3.83. The molecule has 5 aromatic carbocycles. The zero-order chi connectivity index (χ0) is 20.8. The summed E-state index contributed by atoms with van der Waals surface area (Å²) in [7, 11) is 1.22. The van der Waals surface area contributed by atoms with Crippen LogP contribution in [0.2, 0.25) is 0 Å². The first-order valence-electron chi connectivity index (χ1n) is 10.6. The third kappa shape index (κ3) is 3.11. The topological polar surface area (TPSA) is 12.5 Å². The highest BCUT2D eigenvalue weighted by Crippen LogP contribution is 2.54. The minimum atomic E-state index is -0.954. The molecule has 6 rings (SSSR count). The lowest BCUT2D eigenvalue weighted by atomic mass is 9.93. The van der Waals surface area contributed by atoms with Crippen molar-refractivity contribution in [2.24, 2.45) is 0 Å². The standard InChI is InChI=1S/C28H22NOP/c1-29(19-20-9-3-2-4-10-20)31-26-18-16-22-12-6-8-14-24(22)28(26)27-23-13-7-5-11-21(23)15-17-25(27)30-31/h2-18H,19H2,1H3. The maximum atomic E-state index is 6.74. The molecule has 1 heterocycles. The third-order valence-corrected chi connectivity index (χ3v) is 7.92. The van der Waals surface area contributed by atoms with Crippen LogP contribution in [0.3, 0.4) is 0 Å². The van der Waals surface area contributed by atoms with Gasteiger partial charge in [-0.3, -0.25) is 0 Å². The zero-order valence-electron chi connectivity index (χ0n) is 17.3. The molecule has 0 N–H and O–H groups in total.